The lowest BCUT2D eigenvalue weighted by Crippen LogP contribution is -2.27. The molecule has 0 saturated carbocycles. The lowest BCUT2D eigenvalue weighted by Gasteiger charge is -2.13. The summed E-state index contributed by atoms with van der Waals surface area (Å²) in [5.41, 5.74) is 1.41. The topological polar surface area (TPSA) is 63.4 Å². The fourth-order valence-corrected chi connectivity index (χ4v) is 3.97. The minimum atomic E-state index is -0.480. The number of amides is 1. The van der Waals surface area contributed by atoms with Gasteiger partial charge in [-0.1, -0.05) is 36.1 Å². The van der Waals surface area contributed by atoms with E-state index in [0.29, 0.717) is 14.9 Å². The minimum absolute atomic E-state index is 0.0291. The molecule has 1 amide bonds. The molecule has 1 aliphatic heterocycles. The molecular formula is C17H12N2O3S3. The third-order valence-corrected chi connectivity index (χ3v) is 5.57. The van der Waals surface area contributed by atoms with Crippen LogP contribution in [-0.4, -0.2) is 21.4 Å². The molecule has 0 radical (unpaired) electrons. The largest absolute Gasteiger partial charge is 0.270 e. The molecule has 0 atom stereocenters. The van der Waals surface area contributed by atoms with Gasteiger partial charge in [0.2, 0.25) is 0 Å². The van der Waals surface area contributed by atoms with Crippen molar-refractivity contribution in [2.75, 3.05) is 11.2 Å². The number of carbonyl (C=O) groups excluding carboxylic acids is 1. The number of nitro groups is 1. The second-order valence-corrected chi connectivity index (χ2v) is 7.62. The predicted molar refractivity (Wildman–Crippen MR) is 107 cm³/mol. The van der Waals surface area contributed by atoms with E-state index < -0.39 is 4.92 Å². The number of thioether (sulfide) groups is 2. The summed E-state index contributed by atoms with van der Waals surface area (Å²) < 4.78 is 0.408. The van der Waals surface area contributed by atoms with E-state index in [-0.39, 0.29) is 11.6 Å². The van der Waals surface area contributed by atoms with Crippen LogP contribution in [0.3, 0.4) is 0 Å². The zero-order valence-electron chi connectivity index (χ0n) is 13.0. The van der Waals surface area contributed by atoms with E-state index in [1.54, 1.807) is 17.8 Å². The fraction of sp³-hybridized carbons (Fsp3) is 0.0588. The number of carbonyl (C=O) groups is 1. The second-order valence-electron chi connectivity index (χ2n) is 5.06. The number of hydrogen-bond donors (Lipinski definition) is 0. The first kappa shape index (κ1) is 17.7. The van der Waals surface area contributed by atoms with Gasteiger partial charge in [-0.2, -0.15) is 0 Å². The molecule has 2 aromatic carbocycles. The van der Waals surface area contributed by atoms with Crippen LogP contribution in [0, 0.1) is 10.1 Å². The van der Waals surface area contributed by atoms with Gasteiger partial charge in [0.15, 0.2) is 4.32 Å². The van der Waals surface area contributed by atoms with Crippen LogP contribution in [0.5, 0.6) is 0 Å². The first-order valence-electron chi connectivity index (χ1n) is 7.16. The van der Waals surface area contributed by atoms with Crippen LogP contribution in [0.4, 0.5) is 11.4 Å². The maximum absolute atomic E-state index is 12.7. The highest BCUT2D eigenvalue weighted by Gasteiger charge is 2.33. The van der Waals surface area contributed by atoms with E-state index in [4.69, 9.17) is 12.2 Å². The molecule has 2 aromatic rings. The lowest BCUT2D eigenvalue weighted by atomic mass is 10.2. The Kier molecular flexibility index (Phi) is 5.22. The summed E-state index contributed by atoms with van der Waals surface area (Å²) in [7, 11) is 0. The minimum Gasteiger partial charge on any atom is -0.268 e. The smallest absolute Gasteiger partial charge is 0.268 e. The summed E-state index contributed by atoms with van der Waals surface area (Å²) in [4.78, 5) is 26.0. The van der Waals surface area contributed by atoms with E-state index in [1.807, 2.05) is 30.5 Å². The highest BCUT2D eigenvalue weighted by atomic mass is 32.2. The van der Waals surface area contributed by atoms with E-state index in [1.165, 1.54) is 40.9 Å². The van der Waals surface area contributed by atoms with Crippen molar-refractivity contribution in [3.05, 3.63) is 69.1 Å². The molecule has 25 heavy (non-hydrogen) atoms. The molecule has 1 heterocycles. The first-order valence-corrected chi connectivity index (χ1v) is 9.61. The van der Waals surface area contributed by atoms with Gasteiger partial charge in [-0.05, 0) is 42.2 Å². The molecule has 1 aliphatic rings. The second kappa shape index (κ2) is 7.38. The molecular weight excluding hydrogens is 376 g/mol. The highest BCUT2D eigenvalue weighted by Crippen LogP contribution is 2.36. The summed E-state index contributed by atoms with van der Waals surface area (Å²) in [5, 5.41) is 10.7. The van der Waals surface area contributed by atoms with E-state index in [9.17, 15) is 14.9 Å². The van der Waals surface area contributed by atoms with Crippen LogP contribution < -0.4 is 4.90 Å². The third-order valence-electron chi connectivity index (χ3n) is 3.53. The number of non-ortho nitro benzene ring substituents is 1. The molecule has 0 unspecified atom stereocenters. The van der Waals surface area contributed by atoms with Crippen LogP contribution in [0.2, 0.25) is 0 Å². The van der Waals surface area contributed by atoms with Crippen molar-refractivity contribution in [3.63, 3.8) is 0 Å². The Labute approximate surface area is 158 Å². The van der Waals surface area contributed by atoms with Crippen molar-refractivity contribution in [3.8, 4) is 0 Å². The number of hydrogen-bond acceptors (Lipinski definition) is 6. The van der Waals surface area contributed by atoms with Crippen LogP contribution in [0.25, 0.3) is 6.08 Å². The Hall–Kier alpha value is -2.16. The SMILES string of the molecule is CSc1ccc(/C=C2/SC(=S)N(c3ccc([N+](=O)[O-])cc3)C2=O)cc1. The molecule has 8 heteroatoms. The van der Waals surface area contributed by atoms with Crippen molar-refractivity contribution in [1.82, 2.24) is 0 Å². The van der Waals surface area contributed by atoms with Gasteiger partial charge in [0, 0.05) is 17.0 Å². The van der Waals surface area contributed by atoms with E-state index in [2.05, 4.69) is 0 Å². The lowest BCUT2D eigenvalue weighted by molar-refractivity contribution is -0.384. The fourth-order valence-electron chi connectivity index (χ4n) is 2.27. The predicted octanol–water partition coefficient (Wildman–Crippen LogP) is 4.72. The Balaban J connectivity index is 1.86. The molecule has 5 nitrogen and oxygen atoms in total. The number of rotatable bonds is 4. The average Bonchev–Trinajstić information content (AvgIpc) is 2.89. The Bertz CT molecular complexity index is 877. The number of thiocarbonyl (C=S) groups is 1. The molecule has 0 aromatic heterocycles. The molecule has 0 aliphatic carbocycles. The van der Waals surface area contributed by atoms with Gasteiger partial charge in [0.1, 0.15) is 0 Å². The maximum Gasteiger partial charge on any atom is 0.270 e. The standard InChI is InChI=1S/C17H12N2O3S3/c1-24-14-8-2-11(3-9-14)10-15-16(20)18(17(23)25-15)12-4-6-13(7-5-12)19(21)22/h2-10H,1H3/b15-10+. The van der Waals surface area contributed by atoms with E-state index in [0.717, 1.165) is 10.5 Å². The van der Waals surface area contributed by atoms with Crippen molar-refractivity contribution < 1.29 is 9.72 Å². The molecule has 126 valence electrons. The molecule has 0 spiro atoms. The van der Waals surface area contributed by atoms with Crippen LogP contribution >= 0.6 is 35.7 Å². The normalized spacial score (nSPS) is 15.9. The van der Waals surface area contributed by atoms with Gasteiger partial charge in [0.25, 0.3) is 11.6 Å². The van der Waals surface area contributed by atoms with Crippen LogP contribution in [0.1, 0.15) is 5.56 Å². The zero-order valence-corrected chi connectivity index (χ0v) is 15.5. The van der Waals surface area contributed by atoms with E-state index >= 15 is 0 Å². The van der Waals surface area contributed by atoms with Gasteiger partial charge in [0.05, 0.1) is 15.5 Å². The summed E-state index contributed by atoms with van der Waals surface area (Å²) in [6.45, 7) is 0. The Morgan fingerprint density at radius 3 is 2.36 bits per heavy atom. The summed E-state index contributed by atoms with van der Waals surface area (Å²) in [5.74, 6) is -0.224. The number of nitrogens with zero attached hydrogens (tertiary/aromatic N) is 2. The highest BCUT2D eigenvalue weighted by molar-refractivity contribution is 8.27. The number of benzene rings is 2. The average molecular weight is 388 g/mol. The molecule has 1 fully saturated rings. The van der Waals surface area contributed by atoms with Gasteiger partial charge in [-0.15, -0.1) is 11.8 Å². The van der Waals surface area contributed by atoms with Gasteiger partial charge < -0.3 is 0 Å². The van der Waals surface area contributed by atoms with Crippen molar-refractivity contribution in [1.29, 1.82) is 0 Å². The molecule has 0 N–H and O–H groups in total. The van der Waals surface area contributed by atoms with Crippen molar-refractivity contribution in [2.45, 2.75) is 4.90 Å². The number of nitro benzene ring substituents is 1. The summed E-state index contributed by atoms with van der Waals surface area (Å²) in [6, 6.07) is 13.7. The third kappa shape index (κ3) is 3.76. The molecule has 3 rings (SSSR count). The van der Waals surface area contributed by atoms with Crippen LogP contribution in [-0.2, 0) is 4.79 Å². The quantitative estimate of drug-likeness (QED) is 0.248. The van der Waals surface area contributed by atoms with Gasteiger partial charge in [-0.3, -0.25) is 19.8 Å². The summed E-state index contributed by atoms with van der Waals surface area (Å²) in [6.07, 6.45) is 3.80. The molecule has 0 bridgehead atoms. The van der Waals surface area contributed by atoms with Gasteiger partial charge >= 0.3 is 0 Å². The first-order chi connectivity index (χ1) is 12.0. The van der Waals surface area contributed by atoms with Crippen molar-refractivity contribution >= 4 is 63.4 Å². The molecule has 1 saturated heterocycles. The van der Waals surface area contributed by atoms with Crippen LogP contribution in [0.15, 0.2) is 58.3 Å². The van der Waals surface area contributed by atoms with Gasteiger partial charge in [-0.25, -0.2) is 0 Å². The maximum atomic E-state index is 12.7. The summed E-state index contributed by atoms with van der Waals surface area (Å²) >= 11 is 8.18. The number of anilines is 1. The Morgan fingerprint density at radius 1 is 1.16 bits per heavy atom. The Morgan fingerprint density at radius 2 is 1.80 bits per heavy atom. The monoisotopic (exact) mass is 388 g/mol. The zero-order chi connectivity index (χ0) is 18.0. The van der Waals surface area contributed by atoms with Crippen molar-refractivity contribution in [2.24, 2.45) is 0 Å².